The van der Waals surface area contributed by atoms with Crippen LogP contribution < -0.4 is 9.47 Å². The van der Waals surface area contributed by atoms with E-state index < -0.39 is 17.7 Å². The molecule has 0 aromatic heterocycles. The molecule has 1 aliphatic rings. The van der Waals surface area contributed by atoms with E-state index in [2.05, 4.69) is 13.0 Å². The van der Waals surface area contributed by atoms with E-state index in [0.29, 0.717) is 30.1 Å². The first-order valence-corrected chi connectivity index (χ1v) is 13.7. The van der Waals surface area contributed by atoms with Crippen molar-refractivity contribution in [3.63, 3.8) is 0 Å². The average Bonchev–Trinajstić information content (AvgIpc) is 3.22. The molecule has 7 heteroatoms. The van der Waals surface area contributed by atoms with Crippen LogP contribution in [0.15, 0.2) is 78.4 Å². The number of hydrogen-bond donors (Lipinski definition) is 1. The first-order chi connectivity index (χ1) is 19.4. The summed E-state index contributed by atoms with van der Waals surface area (Å²) in [5.74, 6) is -0.270. The minimum Gasteiger partial charge on any atom is -0.507 e. The minimum atomic E-state index is -0.749. The lowest BCUT2D eigenvalue weighted by Gasteiger charge is -2.25. The van der Waals surface area contributed by atoms with Gasteiger partial charge < -0.3 is 24.2 Å². The molecule has 0 radical (unpaired) electrons. The molecule has 0 aliphatic carbocycles. The van der Waals surface area contributed by atoms with E-state index in [9.17, 15) is 14.7 Å². The summed E-state index contributed by atoms with van der Waals surface area (Å²) in [4.78, 5) is 27.7. The summed E-state index contributed by atoms with van der Waals surface area (Å²) in [6.07, 6.45) is 3.20. The molecule has 1 heterocycles. The molecule has 1 N–H and O–H groups in total. The summed E-state index contributed by atoms with van der Waals surface area (Å²) >= 11 is 0. The highest BCUT2D eigenvalue weighted by molar-refractivity contribution is 6.46. The highest BCUT2D eigenvalue weighted by Crippen LogP contribution is 2.40. The highest BCUT2D eigenvalue weighted by atomic mass is 16.5. The van der Waals surface area contributed by atoms with E-state index in [1.807, 2.05) is 49.4 Å². The van der Waals surface area contributed by atoms with Crippen LogP contribution in [0.3, 0.4) is 0 Å². The number of Topliss-reactive ketones (excluding diaryl/α,β-unsaturated/α-hetero) is 1. The lowest BCUT2D eigenvalue weighted by atomic mass is 9.95. The summed E-state index contributed by atoms with van der Waals surface area (Å²) in [5.41, 5.74) is 3.39. The number of carbonyl (C=O) groups is 2. The van der Waals surface area contributed by atoms with Crippen LogP contribution in [0.4, 0.5) is 0 Å². The molecule has 1 aliphatic heterocycles. The molecule has 0 saturated carbocycles. The number of hydrogen-bond acceptors (Lipinski definition) is 6. The van der Waals surface area contributed by atoms with Crippen molar-refractivity contribution in [1.82, 2.24) is 4.90 Å². The molecule has 0 bridgehead atoms. The molecule has 1 atom stereocenters. The molecule has 3 aromatic rings. The van der Waals surface area contributed by atoms with Crippen LogP contribution >= 0.6 is 0 Å². The summed E-state index contributed by atoms with van der Waals surface area (Å²) in [6.45, 7) is 5.69. The third-order valence-electron chi connectivity index (χ3n) is 6.90. The molecular formula is C33H37NO6. The molecule has 40 heavy (non-hydrogen) atoms. The van der Waals surface area contributed by atoms with Crippen LogP contribution in [0.2, 0.25) is 0 Å². The van der Waals surface area contributed by atoms with Crippen LogP contribution in [0.25, 0.3) is 5.76 Å². The maximum Gasteiger partial charge on any atom is 0.295 e. The number of likely N-dealkylation sites (tertiary alicyclic amines) is 1. The van der Waals surface area contributed by atoms with Crippen molar-refractivity contribution in [2.24, 2.45) is 0 Å². The number of amides is 1. The van der Waals surface area contributed by atoms with Gasteiger partial charge in [-0.2, -0.15) is 0 Å². The van der Waals surface area contributed by atoms with Crippen molar-refractivity contribution < 1.29 is 28.9 Å². The summed E-state index contributed by atoms with van der Waals surface area (Å²) < 4.78 is 16.9. The fourth-order valence-corrected chi connectivity index (χ4v) is 4.77. The number of unbranched alkanes of at least 4 members (excludes halogenated alkanes) is 2. The maximum absolute atomic E-state index is 13.2. The van der Waals surface area contributed by atoms with Crippen LogP contribution in [0.5, 0.6) is 11.5 Å². The first-order valence-electron chi connectivity index (χ1n) is 13.7. The van der Waals surface area contributed by atoms with Crippen molar-refractivity contribution in [3.05, 3.63) is 101 Å². The Kier molecular flexibility index (Phi) is 9.97. The van der Waals surface area contributed by atoms with Gasteiger partial charge in [-0.05, 0) is 60.9 Å². The Balaban J connectivity index is 1.58. The molecular weight excluding hydrogens is 506 g/mol. The van der Waals surface area contributed by atoms with Gasteiger partial charge in [-0.15, -0.1) is 0 Å². The monoisotopic (exact) mass is 543 g/mol. The lowest BCUT2D eigenvalue weighted by Crippen LogP contribution is -2.32. The number of aliphatic hydroxyl groups excluding tert-OH is 1. The normalized spacial score (nSPS) is 16.4. The van der Waals surface area contributed by atoms with Gasteiger partial charge in [-0.1, -0.05) is 61.7 Å². The Morgan fingerprint density at radius 1 is 0.900 bits per heavy atom. The van der Waals surface area contributed by atoms with Gasteiger partial charge in [-0.3, -0.25) is 9.59 Å². The number of ether oxygens (including phenoxy) is 3. The second-order valence-electron chi connectivity index (χ2n) is 9.91. The third-order valence-corrected chi connectivity index (χ3v) is 6.90. The van der Waals surface area contributed by atoms with E-state index in [1.165, 1.54) is 4.90 Å². The zero-order valence-corrected chi connectivity index (χ0v) is 23.4. The molecule has 7 nitrogen and oxygen atoms in total. The first kappa shape index (κ1) is 28.9. The third kappa shape index (κ3) is 6.90. The van der Waals surface area contributed by atoms with Gasteiger partial charge in [0.05, 0.1) is 24.8 Å². The summed E-state index contributed by atoms with van der Waals surface area (Å²) in [7, 11) is 1.54. The second-order valence-corrected chi connectivity index (χ2v) is 9.91. The van der Waals surface area contributed by atoms with Gasteiger partial charge >= 0.3 is 0 Å². The zero-order valence-electron chi connectivity index (χ0n) is 23.4. The minimum absolute atomic E-state index is 0.0474. The predicted molar refractivity (Wildman–Crippen MR) is 154 cm³/mol. The van der Waals surface area contributed by atoms with Crippen LogP contribution in [-0.4, -0.2) is 48.6 Å². The zero-order chi connectivity index (χ0) is 28.5. The molecule has 1 unspecified atom stereocenters. The highest BCUT2D eigenvalue weighted by Gasteiger charge is 2.45. The largest absolute Gasteiger partial charge is 0.507 e. The van der Waals surface area contributed by atoms with Gasteiger partial charge in [0, 0.05) is 19.2 Å². The van der Waals surface area contributed by atoms with E-state index >= 15 is 0 Å². The van der Waals surface area contributed by atoms with Gasteiger partial charge in [0.1, 0.15) is 23.9 Å². The fourth-order valence-electron chi connectivity index (χ4n) is 4.77. The molecule has 0 spiro atoms. The van der Waals surface area contributed by atoms with Crippen molar-refractivity contribution >= 4 is 17.4 Å². The number of nitrogens with zero attached hydrogens (tertiary/aromatic N) is 1. The molecule has 1 fully saturated rings. The number of aryl methyl sites for hydroxylation is 1. The van der Waals surface area contributed by atoms with Crippen molar-refractivity contribution in [2.45, 2.75) is 45.8 Å². The van der Waals surface area contributed by atoms with Crippen LogP contribution in [-0.2, 0) is 20.9 Å². The van der Waals surface area contributed by atoms with Crippen LogP contribution in [0.1, 0.15) is 54.5 Å². The van der Waals surface area contributed by atoms with Crippen molar-refractivity contribution in [3.8, 4) is 11.5 Å². The lowest BCUT2D eigenvalue weighted by molar-refractivity contribution is -0.140. The Bertz CT molecular complexity index is 1330. The van der Waals surface area contributed by atoms with E-state index in [1.54, 1.807) is 31.4 Å². The number of rotatable bonds is 13. The number of ketones is 1. The number of benzene rings is 3. The SMILES string of the molecule is CCCCCOc1ccc(C2/C(=C(\O)c3ccc(OCc4cccc(C)c4)cc3)C(=O)C(=O)N2CCOC)cc1. The van der Waals surface area contributed by atoms with Gasteiger partial charge in [0.15, 0.2) is 0 Å². The summed E-state index contributed by atoms with van der Waals surface area (Å²) in [5, 5.41) is 11.3. The van der Waals surface area contributed by atoms with Crippen molar-refractivity contribution in [1.29, 1.82) is 0 Å². The molecule has 4 rings (SSSR count). The Morgan fingerprint density at radius 2 is 1.60 bits per heavy atom. The number of methoxy groups -OCH3 is 1. The average molecular weight is 544 g/mol. The van der Waals surface area contributed by atoms with Gasteiger partial charge in [0.25, 0.3) is 11.7 Å². The van der Waals surface area contributed by atoms with Gasteiger partial charge in [-0.25, -0.2) is 0 Å². The van der Waals surface area contributed by atoms with E-state index in [-0.39, 0.29) is 24.5 Å². The molecule has 210 valence electrons. The topological polar surface area (TPSA) is 85.3 Å². The molecule has 1 saturated heterocycles. The van der Waals surface area contributed by atoms with E-state index in [0.717, 1.165) is 36.1 Å². The predicted octanol–water partition coefficient (Wildman–Crippen LogP) is 6.21. The quantitative estimate of drug-likeness (QED) is 0.119. The van der Waals surface area contributed by atoms with Crippen LogP contribution in [0, 0.1) is 6.92 Å². The Labute approximate surface area is 236 Å². The smallest absolute Gasteiger partial charge is 0.295 e. The fraction of sp³-hybridized carbons (Fsp3) is 0.333. The molecule has 1 amide bonds. The Morgan fingerprint density at radius 3 is 2.27 bits per heavy atom. The Hall–Kier alpha value is -4.10. The van der Waals surface area contributed by atoms with Gasteiger partial charge in [0.2, 0.25) is 0 Å². The standard InChI is InChI=1S/C33H37NO6/c1-4-5-6-19-39-27-14-10-25(11-15-27)30-29(32(36)33(37)34(30)18-20-38-3)31(35)26-12-16-28(17-13-26)40-22-24-9-7-8-23(2)21-24/h7-17,21,30,35H,4-6,18-20,22H2,1-3H3/b31-29+. The van der Waals surface area contributed by atoms with E-state index in [4.69, 9.17) is 14.2 Å². The second kappa shape index (κ2) is 13.8. The maximum atomic E-state index is 13.2. The summed E-state index contributed by atoms with van der Waals surface area (Å²) in [6, 6.07) is 21.5. The van der Waals surface area contributed by atoms with Crippen molar-refractivity contribution in [2.75, 3.05) is 26.9 Å². The molecule has 3 aromatic carbocycles. The number of carbonyl (C=O) groups excluding carboxylic acids is 2. The number of aliphatic hydroxyl groups is 1.